The molecule has 2 N–H and O–H groups in total. The van der Waals surface area contributed by atoms with Crippen LogP contribution in [-0.4, -0.2) is 21.8 Å². The van der Waals surface area contributed by atoms with Gasteiger partial charge in [-0.25, -0.2) is 0 Å². The average molecular weight is 429 g/mol. The van der Waals surface area contributed by atoms with Gasteiger partial charge in [0.25, 0.3) is 5.91 Å². The molecule has 0 fully saturated rings. The number of carbonyl (C=O) groups is 1. The van der Waals surface area contributed by atoms with Gasteiger partial charge in [0.1, 0.15) is 6.17 Å². The largest absolute Gasteiger partial charge is 0.360 e. The van der Waals surface area contributed by atoms with Crippen LogP contribution in [0.2, 0.25) is 0 Å². The van der Waals surface area contributed by atoms with Crippen molar-refractivity contribution in [1.82, 2.24) is 10.3 Å². The molecule has 0 aliphatic carbocycles. The normalized spacial score (nSPS) is 21.0. The van der Waals surface area contributed by atoms with Crippen LogP contribution in [0, 0.1) is 0 Å². The molecule has 5 nitrogen and oxygen atoms in total. The Balaban J connectivity index is 1.81. The van der Waals surface area contributed by atoms with E-state index in [0.717, 1.165) is 21.3 Å². The molecule has 2 heterocycles. The van der Waals surface area contributed by atoms with Crippen LogP contribution in [0.3, 0.4) is 0 Å². The predicted octanol–water partition coefficient (Wildman–Crippen LogP) is 4.24. The Labute approximate surface area is 164 Å². The van der Waals surface area contributed by atoms with Crippen molar-refractivity contribution in [3.8, 4) is 0 Å². The van der Waals surface area contributed by atoms with Gasteiger partial charge in [-0.05, 0) is 23.8 Å². The van der Waals surface area contributed by atoms with Gasteiger partial charge in [0.05, 0.1) is 0 Å². The molecule has 0 unspecified atom stereocenters. The number of nitrogens with zero attached hydrogens (tertiary/aromatic N) is 2. The van der Waals surface area contributed by atoms with Crippen molar-refractivity contribution in [2.45, 2.75) is 12.2 Å². The molecule has 2 aromatic rings. The van der Waals surface area contributed by atoms with Crippen molar-refractivity contribution < 1.29 is 4.79 Å². The molecule has 132 valence electrons. The summed E-state index contributed by atoms with van der Waals surface area (Å²) in [6, 6.07) is 15.4. The van der Waals surface area contributed by atoms with Crippen LogP contribution in [-0.2, 0) is 4.79 Å². The molecular formula is C19H17BrN4OS. The molecule has 1 amide bonds. The van der Waals surface area contributed by atoms with Crippen LogP contribution in [0.5, 0.6) is 0 Å². The molecule has 2 atom stereocenters. The summed E-state index contributed by atoms with van der Waals surface area (Å²) in [6.07, 6.45) is 1.55. The van der Waals surface area contributed by atoms with Crippen molar-refractivity contribution in [3.05, 3.63) is 76.8 Å². The van der Waals surface area contributed by atoms with Crippen LogP contribution in [0.4, 0.5) is 5.69 Å². The number of hydrogen-bond donors (Lipinski definition) is 2. The Morgan fingerprint density at radius 1 is 1.27 bits per heavy atom. The summed E-state index contributed by atoms with van der Waals surface area (Å²) in [7, 11) is 0. The van der Waals surface area contributed by atoms with E-state index < -0.39 is 6.04 Å². The number of nitrogens with one attached hydrogen (secondary N) is 2. The Hall–Kier alpha value is -2.25. The Morgan fingerprint density at radius 2 is 2.12 bits per heavy atom. The lowest BCUT2D eigenvalue weighted by molar-refractivity contribution is -0.127. The van der Waals surface area contributed by atoms with Gasteiger partial charge in [-0.2, -0.15) is 0 Å². The van der Waals surface area contributed by atoms with E-state index in [1.54, 1.807) is 6.08 Å². The number of thioether (sulfide) groups is 1. The molecule has 0 radical (unpaired) electrons. The molecule has 0 aromatic heterocycles. The number of benzene rings is 2. The summed E-state index contributed by atoms with van der Waals surface area (Å²) in [5.74, 6) is 0.615. The minimum atomic E-state index is -0.468. The number of anilines is 1. The number of amidine groups is 1. The van der Waals surface area contributed by atoms with Gasteiger partial charge < -0.3 is 10.6 Å². The van der Waals surface area contributed by atoms with E-state index in [2.05, 4.69) is 33.1 Å². The van der Waals surface area contributed by atoms with Gasteiger partial charge in [0.15, 0.2) is 11.2 Å². The van der Waals surface area contributed by atoms with Crippen molar-refractivity contribution >= 4 is 44.5 Å². The quantitative estimate of drug-likeness (QED) is 0.717. The van der Waals surface area contributed by atoms with Crippen molar-refractivity contribution in [2.75, 3.05) is 11.1 Å². The van der Waals surface area contributed by atoms with Crippen molar-refractivity contribution in [1.29, 1.82) is 0 Å². The number of para-hydroxylation sites is 1. The molecule has 0 bridgehead atoms. The van der Waals surface area contributed by atoms with Gasteiger partial charge in [-0.3, -0.25) is 9.80 Å². The minimum absolute atomic E-state index is 0.0690. The third-order valence-electron chi connectivity index (χ3n) is 4.26. The third-order valence-corrected chi connectivity index (χ3v) is 5.62. The Bertz CT molecular complexity index is 901. The molecule has 26 heavy (non-hydrogen) atoms. The van der Waals surface area contributed by atoms with E-state index in [9.17, 15) is 4.79 Å². The molecule has 2 aliphatic rings. The number of amides is 1. The van der Waals surface area contributed by atoms with E-state index in [1.165, 1.54) is 11.8 Å². The van der Waals surface area contributed by atoms with Crippen LogP contribution in [0.1, 0.15) is 23.3 Å². The lowest BCUT2D eigenvalue weighted by Crippen LogP contribution is -2.50. The number of fused-ring (bicyclic) bond motifs is 3. The van der Waals surface area contributed by atoms with Gasteiger partial charge in [-0.1, -0.05) is 64.1 Å². The summed E-state index contributed by atoms with van der Waals surface area (Å²) in [5.41, 5.74) is 2.91. The van der Waals surface area contributed by atoms with Crippen molar-refractivity contribution in [2.24, 2.45) is 5.10 Å². The fourth-order valence-corrected chi connectivity index (χ4v) is 4.19. The fraction of sp³-hybridized carbons (Fsp3) is 0.158. The highest BCUT2D eigenvalue weighted by Crippen LogP contribution is 2.42. The monoisotopic (exact) mass is 428 g/mol. The Kier molecular flexibility index (Phi) is 4.74. The molecule has 0 saturated carbocycles. The van der Waals surface area contributed by atoms with Crippen LogP contribution < -0.4 is 10.6 Å². The van der Waals surface area contributed by atoms with E-state index in [-0.39, 0.29) is 12.1 Å². The average Bonchev–Trinajstić information content (AvgIpc) is 2.65. The van der Waals surface area contributed by atoms with E-state index in [4.69, 9.17) is 5.10 Å². The molecule has 7 heteroatoms. The van der Waals surface area contributed by atoms with Gasteiger partial charge in [-0.15, -0.1) is 11.7 Å². The van der Waals surface area contributed by atoms with Crippen LogP contribution in [0.15, 0.2) is 70.8 Å². The smallest absolute Gasteiger partial charge is 0.255 e. The zero-order valence-electron chi connectivity index (χ0n) is 13.9. The summed E-state index contributed by atoms with van der Waals surface area (Å²) in [6.45, 7) is 3.73. The van der Waals surface area contributed by atoms with E-state index in [1.807, 2.05) is 53.5 Å². The van der Waals surface area contributed by atoms with Gasteiger partial charge >= 0.3 is 0 Å². The maximum atomic E-state index is 12.9. The lowest BCUT2D eigenvalue weighted by atomic mass is 9.97. The number of carbonyl (C=O) groups excluding carboxylic acids is 1. The lowest BCUT2D eigenvalue weighted by Gasteiger charge is -2.43. The summed E-state index contributed by atoms with van der Waals surface area (Å²) in [4.78, 5) is 12.9. The summed E-state index contributed by atoms with van der Waals surface area (Å²) >= 11 is 4.99. The van der Waals surface area contributed by atoms with Crippen LogP contribution >= 0.6 is 27.7 Å². The molecule has 0 saturated heterocycles. The standard InChI is InChI=1S/C19H17BrN4OS/c1-2-10-26-19-22-18(25)16-14-8-3-4-9-15(14)21-17(24(16)23-19)12-6-5-7-13(20)11-12/h2-9,11,16-17,21H,1,10H2,(H,22,23,25)/t16-,17+/m1/s1. The third kappa shape index (κ3) is 3.12. The second kappa shape index (κ2) is 7.17. The predicted molar refractivity (Wildman–Crippen MR) is 110 cm³/mol. The van der Waals surface area contributed by atoms with E-state index in [0.29, 0.717) is 10.9 Å². The first-order valence-electron chi connectivity index (χ1n) is 8.20. The van der Waals surface area contributed by atoms with Crippen molar-refractivity contribution in [3.63, 3.8) is 0 Å². The Morgan fingerprint density at radius 3 is 2.92 bits per heavy atom. The first-order chi connectivity index (χ1) is 12.7. The zero-order valence-corrected chi connectivity index (χ0v) is 16.3. The summed E-state index contributed by atoms with van der Waals surface area (Å²) in [5, 5.41) is 13.6. The number of hydrogen-bond acceptors (Lipinski definition) is 5. The number of halogens is 1. The first-order valence-corrected chi connectivity index (χ1v) is 9.97. The molecule has 2 aromatic carbocycles. The van der Waals surface area contributed by atoms with E-state index >= 15 is 0 Å². The second-order valence-corrected chi connectivity index (χ2v) is 7.89. The zero-order chi connectivity index (χ0) is 18.1. The molecule has 4 rings (SSSR count). The maximum absolute atomic E-state index is 12.9. The highest BCUT2D eigenvalue weighted by molar-refractivity contribution is 9.10. The number of rotatable bonds is 3. The topological polar surface area (TPSA) is 56.7 Å². The van der Waals surface area contributed by atoms with Gasteiger partial charge in [0.2, 0.25) is 0 Å². The molecule has 2 aliphatic heterocycles. The highest BCUT2D eigenvalue weighted by Gasteiger charge is 2.41. The SMILES string of the molecule is C=CCSC1=NN2[C@@H](c3cccc(Br)c3)Nc3ccccc3[C@@H]2C(=O)N1. The first kappa shape index (κ1) is 17.2. The minimum Gasteiger partial charge on any atom is -0.360 e. The second-order valence-electron chi connectivity index (χ2n) is 5.97. The summed E-state index contributed by atoms with van der Waals surface area (Å²) < 4.78 is 0.985. The van der Waals surface area contributed by atoms with Crippen LogP contribution in [0.25, 0.3) is 0 Å². The van der Waals surface area contributed by atoms with Gasteiger partial charge in [0, 0.05) is 21.5 Å². The number of hydrazone groups is 1. The fourth-order valence-electron chi connectivity index (χ4n) is 3.17. The highest BCUT2D eigenvalue weighted by atomic mass is 79.9. The molecule has 0 spiro atoms. The molecular weight excluding hydrogens is 412 g/mol. The maximum Gasteiger partial charge on any atom is 0.255 e.